The van der Waals surface area contributed by atoms with Crippen molar-refractivity contribution in [2.75, 3.05) is 18.9 Å². The summed E-state index contributed by atoms with van der Waals surface area (Å²) in [5.74, 6) is 0.813. The molecule has 0 aliphatic rings. The Morgan fingerprint density at radius 1 is 1.24 bits per heavy atom. The maximum absolute atomic E-state index is 8.95. The highest BCUT2D eigenvalue weighted by molar-refractivity contribution is 7.99. The first-order chi connectivity index (χ1) is 8.33. The predicted octanol–water partition coefficient (Wildman–Crippen LogP) is 2.84. The van der Waals surface area contributed by atoms with Gasteiger partial charge in [0.2, 0.25) is 0 Å². The first-order valence-corrected chi connectivity index (χ1v) is 7.39. The molecule has 0 bridgehead atoms. The molecule has 0 aliphatic carbocycles. The fourth-order valence-corrected chi connectivity index (χ4v) is 3.09. The van der Waals surface area contributed by atoms with E-state index in [1.165, 1.54) is 5.56 Å². The molecule has 0 spiro atoms. The molecule has 0 fully saturated rings. The molecule has 1 aromatic rings. The maximum atomic E-state index is 8.95. The molecule has 2 nitrogen and oxygen atoms in total. The third kappa shape index (κ3) is 4.70. The normalized spacial score (nSPS) is 14.5. The number of thioether (sulfide) groups is 1. The summed E-state index contributed by atoms with van der Waals surface area (Å²) in [6.07, 6.45) is 1.11. The molecule has 0 amide bonds. The van der Waals surface area contributed by atoms with Crippen LogP contribution >= 0.6 is 11.8 Å². The van der Waals surface area contributed by atoms with E-state index in [4.69, 9.17) is 5.11 Å². The topological polar surface area (TPSA) is 32.3 Å². The van der Waals surface area contributed by atoms with Crippen LogP contribution in [-0.2, 0) is 0 Å². The number of aliphatic hydroxyl groups excluding tert-OH is 1. The van der Waals surface area contributed by atoms with Gasteiger partial charge in [-0.15, -0.1) is 0 Å². The van der Waals surface area contributed by atoms with E-state index in [-0.39, 0.29) is 6.61 Å². The van der Waals surface area contributed by atoms with E-state index in [1.807, 2.05) is 17.8 Å². The van der Waals surface area contributed by atoms with Gasteiger partial charge in [0, 0.05) is 17.0 Å². The van der Waals surface area contributed by atoms with Gasteiger partial charge in [0.05, 0.1) is 6.61 Å². The zero-order valence-corrected chi connectivity index (χ0v) is 11.5. The lowest BCUT2D eigenvalue weighted by atomic mass is 10.0. The standard InChI is InChI=1S/C14H23NOS/c1-3-13(17-11-10-16)14(15-4-2)12-8-6-5-7-9-12/h5-9,13-16H,3-4,10-11H2,1-2H3. The van der Waals surface area contributed by atoms with Crippen molar-refractivity contribution >= 4 is 11.8 Å². The number of hydrogen-bond donors (Lipinski definition) is 2. The monoisotopic (exact) mass is 253 g/mol. The van der Waals surface area contributed by atoms with Gasteiger partial charge in [-0.05, 0) is 18.5 Å². The summed E-state index contributed by atoms with van der Waals surface area (Å²) in [5, 5.41) is 13.0. The Bertz CT molecular complexity index is 292. The molecular formula is C14H23NOS. The Hall–Kier alpha value is -0.510. The van der Waals surface area contributed by atoms with E-state index in [0.717, 1.165) is 18.7 Å². The second-order valence-electron chi connectivity index (χ2n) is 3.99. The summed E-state index contributed by atoms with van der Waals surface area (Å²) in [6, 6.07) is 11.0. The van der Waals surface area contributed by atoms with E-state index < -0.39 is 0 Å². The zero-order valence-electron chi connectivity index (χ0n) is 10.7. The van der Waals surface area contributed by atoms with Crippen molar-refractivity contribution < 1.29 is 5.11 Å². The lowest BCUT2D eigenvalue weighted by Gasteiger charge is -2.27. The SMILES string of the molecule is CCNC(c1ccccc1)C(CC)SCCO. The van der Waals surface area contributed by atoms with Gasteiger partial charge in [-0.2, -0.15) is 11.8 Å². The second kappa shape index (κ2) is 8.56. The number of hydrogen-bond acceptors (Lipinski definition) is 3. The Labute approximate surface area is 109 Å². The molecule has 1 rings (SSSR count). The summed E-state index contributed by atoms with van der Waals surface area (Å²) in [6.45, 7) is 5.58. The van der Waals surface area contributed by atoms with Crippen molar-refractivity contribution in [3.8, 4) is 0 Å². The molecule has 17 heavy (non-hydrogen) atoms. The lowest BCUT2D eigenvalue weighted by Crippen LogP contribution is -2.30. The Balaban J connectivity index is 2.75. The van der Waals surface area contributed by atoms with Crippen LogP contribution in [0.4, 0.5) is 0 Å². The molecule has 1 aromatic carbocycles. The molecule has 0 heterocycles. The average Bonchev–Trinajstić information content (AvgIpc) is 2.39. The predicted molar refractivity (Wildman–Crippen MR) is 76.5 cm³/mol. The summed E-state index contributed by atoms with van der Waals surface area (Å²) in [7, 11) is 0. The van der Waals surface area contributed by atoms with Crippen LogP contribution in [0.25, 0.3) is 0 Å². The minimum atomic E-state index is 0.259. The first-order valence-electron chi connectivity index (χ1n) is 6.34. The molecule has 2 unspecified atom stereocenters. The smallest absolute Gasteiger partial charge is 0.0521 e. The summed E-state index contributed by atoms with van der Waals surface area (Å²) < 4.78 is 0. The molecule has 0 saturated carbocycles. The van der Waals surface area contributed by atoms with Crippen LogP contribution in [-0.4, -0.2) is 29.3 Å². The highest BCUT2D eigenvalue weighted by Gasteiger charge is 2.20. The molecule has 2 N–H and O–H groups in total. The van der Waals surface area contributed by atoms with Crippen LogP contribution in [0.1, 0.15) is 31.9 Å². The molecular weight excluding hydrogens is 230 g/mol. The van der Waals surface area contributed by atoms with E-state index in [0.29, 0.717) is 11.3 Å². The third-order valence-corrected chi connectivity index (χ3v) is 4.23. The van der Waals surface area contributed by atoms with E-state index in [2.05, 4.69) is 43.4 Å². The van der Waals surface area contributed by atoms with Gasteiger partial charge >= 0.3 is 0 Å². The number of nitrogens with one attached hydrogen (secondary N) is 1. The zero-order chi connectivity index (χ0) is 12.5. The molecule has 0 saturated heterocycles. The minimum Gasteiger partial charge on any atom is -0.396 e. The van der Waals surface area contributed by atoms with Crippen molar-refractivity contribution in [3.05, 3.63) is 35.9 Å². The molecule has 0 aromatic heterocycles. The summed E-state index contributed by atoms with van der Waals surface area (Å²) in [4.78, 5) is 0. The van der Waals surface area contributed by atoms with Gasteiger partial charge < -0.3 is 10.4 Å². The van der Waals surface area contributed by atoms with Crippen molar-refractivity contribution in [2.24, 2.45) is 0 Å². The van der Waals surface area contributed by atoms with Crippen LogP contribution in [0.15, 0.2) is 30.3 Å². The third-order valence-electron chi connectivity index (χ3n) is 2.78. The van der Waals surface area contributed by atoms with Crippen LogP contribution < -0.4 is 5.32 Å². The number of rotatable bonds is 8. The Kier molecular flexibility index (Phi) is 7.33. The molecule has 96 valence electrons. The van der Waals surface area contributed by atoms with Crippen molar-refractivity contribution in [1.29, 1.82) is 0 Å². The highest BCUT2D eigenvalue weighted by atomic mass is 32.2. The lowest BCUT2D eigenvalue weighted by molar-refractivity contribution is 0.322. The van der Waals surface area contributed by atoms with Crippen LogP contribution in [0.2, 0.25) is 0 Å². The van der Waals surface area contributed by atoms with Crippen molar-refractivity contribution in [2.45, 2.75) is 31.6 Å². The van der Waals surface area contributed by atoms with Crippen molar-refractivity contribution in [1.82, 2.24) is 5.32 Å². The van der Waals surface area contributed by atoms with Crippen LogP contribution in [0, 0.1) is 0 Å². The van der Waals surface area contributed by atoms with Gasteiger partial charge in [-0.3, -0.25) is 0 Å². The van der Waals surface area contributed by atoms with Gasteiger partial charge in [-0.1, -0.05) is 44.2 Å². The molecule has 0 aliphatic heterocycles. The maximum Gasteiger partial charge on any atom is 0.0521 e. The fraction of sp³-hybridized carbons (Fsp3) is 0.571. The second-order valence-corrected chi connectivity index (χ2v) is 5.33. The van der Waals surface area contributed by atoms with Gasteiger partial charge in [0.15, 0.2) is 0 Å². The molecule has 3 heteroatoms. The quantitative estimate of drug-likeness (QED) is 0.747. The van der Waals surface area contributed by atoms with Gasteiger partial charge in [0.25, 0.3) is 0 Å². The van der Waals surface area contributed by atoms with E-state index in [1.54, 1.807) is 0 Å². The molecule has 0 radical (unpaired) electrons. The van der Waals surface area contributed by atoms with E-state index in [9.17, 15) is 0 Å². The number of benzene rings is 1. The average molecular weight is 253 g/mol. The summed E-state index contributed by atoms with van der Waals surface area (Å²) >= 11 is 1.85. The first kappa shape index (κ1) is 14.6. The van der Waals surface area contributed by atoms with Crippen LogP contribution in [0.3, 0.4) is 0 Å². The van der Waals surface area contributed by atoms with E-state index >= 15 is 0 Å². The highest BCUT2D eigenvalue weighted by Crippen LogP contribution is 2.28. The summed E-state index contributed by atoms with van der Waals surface area (Å²) in [5.41, 5.74) is 1.34. The van der Waals surface area contributed by atoms with Gasteiger partial charge in [0.1, 0.15) is 0 Å². The minimum absolute atomic E-state index is 0.259. The van der Waals surface area contributed by atoms with Crippen LogP contribution in [0.5, 0.6) is 0 Å². The van der Waals surface area contributed by atoms with Crippen molar-refractivity contribution in [3.63, 3.8) is 0 Å². The Morgan fingerprint density at radius 2 is 1.94 bits per heavy atom. The van der Waals surface area contributed by atoms with Gasteiger partial charge in [-0.25, -0.2) is 0 Å². The molecule has 2 atom stereocenters. The fourth-order valence-electron chi connectivity index (χ4n) is 2.00. The Morgan fingerprint density at radius 3 is 2.47 bits per heavy atom. The largest absolute Gasteiger partial charge is 0.396 e. The number of aliphatic hydroxyl groups is 1.